The topological polar surface area (TPSA) is 86.2 Å². The molecule has 0 unspecified atom stereocenters. The summed E-state index contributed by atoms with van der Waals surface area (Å²) >= 11 is 1.72. The molecule has 1 atom stereocenters. The Hall–Kier alpha value is -2.84. The fourth-order valence-corrected chi connectivity index (χ4v) is 5.26. The van der Waals surface area contributed by atoms with E-state index in [2.05, 4.69) is 20.5 Å². The van der Waals surface area contributed by atoms with Crippen LogP contribution in [0.25, 0.3) is 10.6 Å². The van der Waals surface area contributed by atoms with Gasteiger partial charge in [-0.05, 0) is 74.8 Å². The van der Waals surface area contributed by atoms with Gasteiger partial charge in [0.25, 0.3) is 5.91 Å². The van der Waals surface area contributed by atoms with Crippen molar-refractivity contribution in [1.29, 1.82) is 0 Å². The zero-order chi connectivity index (χ0) is 23.3. The van der Waals surface area contributed by atoms with Gasteiger partial charge in [0, 0.05) is 35.4 Å². The van der Waals surface area contributed by atoms with E-state index in [-0.39, 0.29) is 5.91 Å². The van der Waals surface area contributed by atoms with Crippen LogP contribution in [0.5, 0.6) is 5.75 Å². The van der Waals surface area contributed by atoms with Gasteiger partial charge in [0.2, 0.25) is 0 Å². The highest BCUT2D eigenvalue weighted by molar-refractivity contribution is 7.15. The van der Waals surface area contributed by atoms with Crippen molar-refractivity contribution >= 4 is 17.2 Å². The molecule has 0 radical (unpaired) electrons. The average Bonchev–Trinajstić information content (AvgIpc) is 3.50. The fraction of sp³-hybridized carbons (Fsp3) is 0.462. The SMILES string of the molecule is Cc1ccc(CNC(=O)c2cc(OCC[C@H]3CCOC3)cc(-c3ncc(C4CCC4)s3)c2)nn1. The number of nitrogens with zero attached hydrogens (tertiary/aromatic N) is 3. The molecule has 1 N–H and O–H groups in total. The Kier molecular flexibility index (Phi) is 7.16. The molecule has 2 aromatic heterocycles. The summed E-state index contributed by atoms with van der Waals surface area (Å²) in [5.41, 5.74) is 3.03. The highest BCUT2D eigenvalue weighted by Crippen LogP contribution is 2.41. The van der Waals surface area contributed by atoms with Crippen molar-refractivity contribution < 1.29 is 14.3 Å². The normalized spacial score (nSPS) is 18.0. The number of ether oxygens (including phenoxy) is 2. The third-order valence-electron chi connectivity index (χ3n) is 6.55. The molecule has 1 saturated heterocycles. The number of aromatic nitrogens is 3. The van der Waals surface area contributed by atoms with Crippen LogP contribution in [0.4, 0.5) is 0 Å². The Morgan fingerprint density at radius 1 is 1.21 bits per heavy atom. The van der Waals surface area contributed by atoms with E-state index in [1.807, 2.05) is 43.5 Å². The Balaban J connectivity index is 1.32. The molecule has 178 valence electrons. The van der Waals surface area contributed by atoms with Crippen LogP contribution in [-0.2, 0) is 11.3 Å². The summed E-state index contributed by atoms with van der Waals surface area (Å²) in [7, 11) is 0. The third-order valence-corrected chi connectivity index (χ3v) is 7.76. The number of nitrogens with one attached hydrogen (secondary N) is 1. The molecule has 2 fully saturated rings. The van der Waals surface area contributed by atoms with Crippen molar-refractivity contribution in [3.8, 4) is 16.3 Å². The van der Waals surface area contributed by atoms with Crippen LogP contribution in [0.3, 0.4) is 0 Å². The second-order valence-corrected chi connectivity index (χ2v) is 10.2. The molecule has 2 aliphatic rings. The maximum atomic E-state index is 13.0. The number of rotatable bonds is 9. The van der Waals surface area contributed by atoms with Crippen LogP contribution < -0.4 is 10.1 Å². The lowest BCUT2D eigenvalue weighted by atomic mass is 9.85. The van der Waals surface area contributed by atoms with Gasteiger partial charge in [-0.3, -0.25) is 4.79 Å². The molecule has 34 heavy (non-hydrogen) atoms. The summed E-state index contributed by atoms with van der Waals surface area (Å²) in [6, 6.07) is 9.47. The molecule has 0 spiro atoms. The number of thiazole rings is 1. The standard InChI is InChI=1S/C26H30N4O3S/c1-17-5-6-22(30-29-17)14-27-25(31)20-11-21(26-28-15-24(34-26)19-3-2-4-19)13-23(12-20)33-10-8-18-7-9-32-16-18/h5-6,11-13,15,18-19H,2-4,7-10,14,16H2,1H3,(H,27,31)/t18-/m1/s1. The number of hydrogen-bond acceptors (Lipinski definition) is 7. The number of carbonyl (C=O) groups excluding carboxylic acids is 1. The zero-order valence-electron chi connectivity index (χ0n) is 19.5. The van der Waals surface area contributed by atoms with E-state index in [0.29, 0.717) is 36.3 Å². The summed E-state index contributed by atoms with van der Waals surface area (Å²) in [4.78, 5) is 19.0. The molecule has 3 heterocycles. The molecule has 1 amide bonds. The van der Waals surface area contributed by atoms with Crippen molar-refractivity contribution in [3.05, 3.63) is 58.4 Å². The van der Waals surface area contributed by atoms with Gasteiger partial charge >= 0.3 is 0 Å². The van der Waals surface area contributed by atoms with Gasteiger partial charge in [-0.15, -0.1) is 11.3 Å². The lowest BCUT2D eigenvalue weighted by Crippen LogP contribution is -2.23. The number of carbonyl (C=O) groups is 1. The van der Waals surface area contributed by atoms with Crippen molar-refractivity contribution in [2.24, 2.45) is 5.92 Å². The number of amides is 1. The Morgan fingerprint density at radius 2 is 2.12 bits per heavy atom. The van der Waals surface area contributed by atoms with Gasteiger partial charge in [0.05, 0.1) is 24.5 Å². The largest absolute Gasteiger partial charge is 0.494 e. The molecular weight excluding hydrogens is 448 g/mol. The molecule has 1 saturated carbocycles. The van der Waals surface area contributed by atoms with Crippen molar-refractivity contribution in [2.75, 3.05) is 19.8 Å². The lowest BCUT2D eigenvalue weighted by molar-refractivity contribution is 0.0950. The highest BCUT2D eigenvalue weighted by Gasteiger charge is 2.23. The predicted octanol–water partition coefficient (Wildman–Crippen LogP) is 4.91. The summed E-state index contributed by atoms with van der Waals surface area (Å²) < 4.78 is 11.6. The van der Waals surface area contributed by atoms with Crippen LogP contribution in [0.1, 0.15) is 64.6 Å². The summed E-state index contributed by atoms with van der Waals surface area (Å²) in [6.45, 7) is 4.45. The summed E-state index contributed by atoms with van der Waals surface area (Å²) in [5, 5.41) is 12.1. The Labute approximate surface area is 203 Å². The van der Waals surface area contributed by atoms with Gasteiger partial charge in [0.1, 0.15) is 10.8 Å². The second kappa shape index (κ2) is 10.6. The first-order valence-corrected chi connectivity index (χ1v) is 12.8. The molecule has 1 aromatic carbocycles. The Bertz CT molecular complexity index is 1120. The van der Waals surface area contributed by atoms with Crippen LogP contribution in [-0.4, -0.2) is 40.9 Å². The minimum atomic E-state index is -0.172. The van der Waals surface area contributed by atoms with Crippen molar-refractivity contribution in [3.63, 3.8) is 0 Å². The van der Waals surface area contributed by atoms with Gasteiger partial charge in [-0.25, -0.2) is 4.98 Å². The van der Waals surface area contributed by atoms with Crippen LogP contribution in [0.2, 0.25) is 0 Å². The quantitative estimate of drug-likeness (QED) is 0.470. The van der Waals surface area contributed by atoms with Crippen LogP contribution >= 0.6 is 11.3 Å². The maximum absolute atomic E-state index is 13.0. The Morgan fingerprint density at radius 3 is 2.85 bits per heavy atom. The number of benzene rings is 1. The van der Waals surface area contributed by atoms with E-state index in [1.165, 1.54) is 24.1 Å². The first kappa shape index (κ1) is 22.9. The monoisotopic (exact) mass is 478 g/mol. The van der Waals surface area contributed by atoms with Gasteiger partial charge in [-0.1, -0.05) is 6.42 Å². The zero-order valence-corrected chi connectivity index (χ0v) is 20.3. The van der Waals surface area contributed by atoms with E-state index in [1.54, 1.807) is 11.3 Å². The van der Waals surface area contributed by atoms with E-state index in [0.717, 1.165) is 48.0 Å². The lowest BCUT2D eigenvalue weighted by Gasteiger charge is -2.23. The predicted molar refractivity (Wildman–Crippen MR) is 131 cm³/mol. The second-order valence-electron chi connectivity index (χ2n) is 9.16. The van der Waals surface area contributed by atoms with Gasteiger partial charge in [0.15, 0.2) is 0 Å². The molecular formula is C26H30N4O3S. The van der Waals surface area contributed by atoms with Crippen molar-refractivity contribution in [2.45, 2.75) is 51.5 Å². The molecule has 1 aliphatic heterocycles. The van der Waals surface area contributed by atoms with Crippen LogP contribution in [0.15, 0.2) is 36.5 Å². The van der Waals surface area contributed by atoms with E-state index >= 15 is 0 Å². The molecule has 3 aromatic rings. The molecule has 1 aliphatic carbocycles. The third kappa shape index (κ3) is 5.62. The highest BCUT2D eigenvalue weighted by atomic mass is 32.1. The maximum Gasteiger partial charge on any atom is 0.251 e. The first-order valence-electron chi connectivity index (χ1n) is 12.0. The summed E-state index contributed by atoms with van der Waals surface area (Å²) in [6.07, 6.45) is 7.80. The number of hydrogen-bond donors (Lipinski definition) is 1. The fourth-order valence-electron chi connectivity index (χ4n) is 4.19. The van der Waals surface area contributed by atoms with Crippen LogP contribution in [0, 0.1) is 12.8 Å². The van der Waals surface area contributed by atoms with E-state index in [9.17, 15) is 4.79 Å². The van der Waals surface area contributed by atoms with E-state index < -0.39 is 0 Å². The molecule has 8 heteroatoms. The molecule has 0 bridgehead atoms. The molecule has 7 nitrogen and oxygen atoms in total. The van der Waals surface area contributed by atoms with Gasteiger partial charge in [-0.2, -0.15) is 10.2 Å². The smallest absolute Gasteiger partial charge is 0.251 e. The summed E-state index contributed by atoms with van der Waals surface area (Å²) in [5.74, 6) is 1.70. The average molecular weight is 479 g/mol. The minimum Gasteiger partial charge on any atom is -0.494 e. The number of aryl methyl sites for hydroxylation is 1. The van der Waals surface area contributed by atoms with Gasteiger partial charge < -0.3 is 14.8 Å². The van der Waals surface area contributed by atoms with Crippen molar-refractivity contribution in [1.82, 2.24) is 20.5 Å². The minimum absolute atomic E-state index is 0.172. The molecule has 5 rings (SSSR count). The first-order chi connectivity index (χ1) is 16.6. The van der Waals surface area contributed by atoms with E-state index in [4.69, 9.17) is 9.47 Å².